The van der Waals surface area contributed by atoms with Gasteiger partial charge < -0.3 is 15.1 Å². The molecule has 2 aromatic rings. The summed E-state index contributed by atoms with van der Waals surface area (Å²) >= 11 is 0. The second-order valence-electron chi connectivity index (χ2n) is 8.21. The fraction of sp³-hybridized carbons (Fsp3) is 0.345. The molecule has 1 aromatic heterocycles. The number of rotatable bonds is 7. The number of allylic oxidation sites excluding steroid dienone is 5. The summed E-state index contributed by atoms with van der Waals surface area (Å²) in [5.74, 6) is 1.67. The van der Waals surface area contributed by atoms with Crippen LogP contribution in [0, 0.1) is 11.3 Å². The van der Waals surface area contributed by atoms with Crippen molar-refractivity contribution in [2.75, 3.05) is 13.1 Å². The standard InChI is InChI=1S/C22H27NO.C7H10N2/c1-7-20(23(8-2)9-3)15-18-10-11-19(14-17(18)6)22-13-12-21(24-22)16(4)5;8-5-4-7(9)6-2-1-3-6/h7,10-15H,4,6,8-9H2,1-3,5H3;1-4,9H2/b18-15-,20-7+;. The SMILES string of the molecule is C=C(C)c1ccc(-c2cc/c(=C/C(=C\C)N(CC)CC)c(=C)c2)o1.N#CCC(N)=C1CCC1. The van der Waals surface area contributed by atoms with Gasteiger partial charge in [-0.3, -0.25) is 0 Å². The van der Waals surface area contributed by atoms with Crippen LogP contribution in [-0.4, -0.2) is 18.0 Å². The minimum atomic E-state index is 0.412. The minimum absolute atomic E-state index is 0.412. The molecular formula is C29H37N3O. The Labute approximate surface area is 198 Å². The Morgan fingerprint density at radius 1 is 1.21 bits per heavy atom. The summed E-state index contributed by atoms with van der Waals surface area (Å²) in [6.45, 7) is 18.5. The average Bonchev–Trinajstić information content (AvgIpc) is 3.25. The van der Waals surface area contributed by atoms with Crippen molar-refractivity contribution in [1.82, 2.24) is 4.90 Å². The molecule has 4 nitrogen and oxygen atoms in total. The number of nitrogens with zero attached hydrogens (tertiary/aromatic N) is 2. The van der Waals surface area contributed by atoms with E-state index in [4.69, 9.17) is 15.4 Å². The first-order valence-corrected chi connectivity index (χ1v) is 11.7. The molecule has 174 valence electrons. The van der Waals surface area contributed by atoms with Crippen LogP contribution in [0.3, 0.4) is 0 Å². The Morgan fingerprint density at radius 3 is 2.36 bits per heavy atom. The molecule has 4 heteroatoms. The molecule has 0 radical (unpaired) electrons. The first kappa shape index (κ1) is 25.8. The molecule has 0 atom stereocenters. The van der Waals surface area contributed by atoms with E-state index in [0.717, 1.165) is 64.7 Å². The molecule has 0 saturated heterocycles. The Hall–Kier alpha value is -3.45. The van der Waals surface area contributed by atoms with E-state index in [1.54, 1.807) is 0 Å². The fourth-order valence-electron chi connectivity index (χ4n) is 3.61. The predicted molar refractivity (Wildman–Crippen MR) is 140 cm³/mol. The minimum Gasteiger partial charge on any atom is -0.456 e. The van der Waals surface area contributed by atoms with Gasteiger partial charge in [0.2, 0.25) is 0 Å². The van der Waals surface area contributed by atoms with Crippen molar-refractivity contribution in [2.45, 2.75) is 53.4 Å². The molecule has 3 rings (SSSR count). The summed E-state index contributed by atoms with van der Waals surface area (Å²) in [5.41, 5.74) is 10.8. The summed E-state index contributed by atoms with van der Waals surface area (Å²) < 4.78 is 5.84. The number of furan rings is 1. The monoisotopic (exact) mass is 443 g/mol. The number of nitrogens with two attached hydrogens (primary N) is 1. The van der Waals surface area contributed by atoms with E-state index in [1.165, 1.54) is 17.7 Å². The quantitative estimate of drug-likeness (QED) is 0.595. The van der Waals surface area contributed by atoms with Gasteiger partial charge in [0.15, 0.2) is 0 Å². The molecular weight excluding hydrogens is 406 g/mol. The topological polar surface area (TPSA) is 66.2 Å². The van der Waals surface area contributed by atoms with E-state index in [9.17, 15) is 0 Å². The highest BCUT2D eigenvalue weighted by molar-refractivity contribution is 5.64. The van der Waals surface area contributed by atoms with E-state index in [-0.39, 0.29) is 0 Å². The third-order valence-electron chi connectivity index (χ3n) is 5.86. The van der Waals surface area contributed by atoms with Crippen molar-refractivity contribution in [3.8, 4) is 17.4 Å². The van der Waals surface area contributed by atoms with Crippen molar-refractivity contribution in [2.24, 2.45) is 5.73 Å². The summed E-state index contributed by atoms with van der Waals surface area (Å²) in [6, 6.07) is 12.2. The number of hydrogen-bond donors (Lipinski definition) is 1. The molecule has 0 unspecified atom stereocenters. The van der Waals surface area contributed by atoms with Crippen LogP contribution < -0.4 is 16.2 Å². The Morgan fingerprint density at radius 2 is 1.91 bits per heavy atom. The van der Waals surface area contributed by atoms with Crippen molar-refractivity contribution in [3.63, 3.8) is 0 Å². The lowest BCUT2D eigenvalue weighted by Crippen LogP contribution is -2.27. The zero-order valence-corrected chi connectivity index (χ0v) is 20.6. The highest BCUT2D eigenvalue weighted by atomic mass is 16.3. The number of hydrogen-bond acceptors (Lipinski definition) is 4. The van der Waals surface area contributed by atoms with E-state index in [1.807, 2.05) is 25.1 Å². The zero-order chi connectivity index (χ0) is 24.4. The third-order valence-corrected chi connectivity index (χ3v) is 5.86. The smallest absolute Gasteiger partial charge is 0.134 e. The normalized spacial score (nSPS) is 13.5. The van der Waals surface area contributed by atoms with Crippen LogP contribution in [0.1, 0.15) is 59.1 Å². The second kappa shape index (κ2) is 12.6. The van der Waals surface area contributed by atoms with Gasteiger partial charge in [-0.2, -0.15) is 5.26 Å². The van der Waals surface area contributed by atoms with Crippen molar-refractivity contribution in [3.05, 3.63) is 76.2 Å². The van der Waals surface area contributed by atoms with Gasteiger partial charge >= 0.3 is 0 Å². The highest BCUT2D eigenvalue weighted by Crippen LogP contribution is 2.27. The molecule has 1 saturated carbocycles. The predicted octanol–water partition coefficient (Wildman–Crippen LogP) is 5.71. The Bertz CT molecular complexity index is 1160. The van der Waals surface area contributed by atoms with Gasteiger partial charge in [0, 0.05) is 30.0 Å². The van der Waals surface area contributed by atoms with Crippen molar-refractivity contribution >= 4 is 18.2 Å². The van der Waals surface area contributed by atoms with Crippen LogP contribution in [0.2, 0.25) is 0 Å². The summed E-state index contributed by atoms with van der Waals surface area (Å²) in [7, 11) is 0. The highest BCUT2D eigenvalue weighted by Gasteiger charge is 2.11. The van der Waals surface area contributed by atoms with E-state index in [0.29, 0.717) is 6.42 Å². The molecule has 1 fully saturated rings. The van der Waals surface area contributed by atoms with E-state index >= 15 is 0 Å². The van der Waals surface area contributed by atoms with Crippen LogP contribution in [-0.2, 0) is 0 Å². The van der Waals surface area contributed by atoms with Gasteiger partial charge in [-0.25, -0.2) is 0 Å². The zero-order valence-electron chi connectivity index (χ0n) is 20.6. The van der Waals surface area contributed by atoms with Crippen LogP contribution in [0.4, 0.5) is 0 Å². The van der Waals surface area contributed by atoms with Crippen LogP contribution in [0.25, 0.3) is 29.6 Å². The molecule has 1 heterocycles. The van der Waals surface area contributed by atoms with E-state index < -0.39 is 0 Å². The molecule has 0 aliphatic heterocycles. The second-order valence-corrected chi connectivity index (χ2v) is 8.21. The van der Waals surface area contributed by atoms with Gasteiger partial charge in [0.25, 0.3) is 0 Å². The van der Waals surface area contributed by atoms with Crippen molar-refractivity contribution < 1.29 is 4.42 Å². The first-order valence-electron chi connectivity index (χ1n) is 11.7. The molecule has 33 heavy (non-hydrogen) atoms. The van der Waals surface area contributed by atoms with Gasteiger partial charge in [-0.15, -0.1) is 0 Å². The van der Waals surface area contributed by atoms with Crippen LogP contribution in [0.15, 0.2) is 64.4 Å². The van der Waals surface area contributed by atoms with Gasteiger partial charge in [0.05, 0.1) is 12.5 Å². The van der Waals surface area contributed by atoms with Gasteiger partial charge in [0.1, 0.15) is 11.5 Å². The largest absolute Gasteiger partial charge is 0.456 e. The maximum absolute atomic E-state index is 8.24. The lowest BCUT2D eigenvalue weighted by molar-refractivity contribution is 0.399. The fourth-order valence-corrected chi connectivity index (χ4v) is 3.61. The molecule has 1 aliphatic carbocycles. The Kier molecular flexibility index (Phi) is 9.82. The number of benzene rings is 1. The first-order chi connectivity index (χ1) is 15.8. The molecule has 0 spiro atoms. The molecule has 0 amide bonds. The summed E-state index contributed by atoms with van der Waals surface area (Å²) in [5, 5.41) is 10.4. The van der Waals surface area contributed by atoms with Gasteiger partial charge in [-0.1, -0.05) is 36.9 Å². The third kappa shape index (κ3) is 7.02. The lowest BCUT2D eigenvalue weighted by Gasteiger charge is -2.21. The van der Waals surface area contributed by atoms with Crippen molar-refractivity contribution in [1.29, 1.82) is 5.26 Å². The van der Waals surface area contributed by atoms with E-state index in [2.05, 4.69) is 69.2 Å². The Balaban J connectivity index is 0.000000357. The summed E-state index contributed by atoms with van der Waals surface area (Å²) in [6.07, 6.45) is 8.24. The average molecular weight is 444 g/mol. The van der Waals surface area contributed by atoms with Crippen LogP contribution in [0.5, 0.6) is 0 Å². The molecule has 2 N–H and O–H groups in total. The lowest BCUT2D eigenvalue weighted by atomic mass is 9.90. The molecule has 0 bridgehead atoms. The maximum atomic E-state index is 8.24. The number of nitriles is 1. The molecule has 1 aliphatic rings. The maximum Gasteiger partial charge on any atom is 0.134 e. The van der Waals surface area contributed by atoms with Crippen LogP contribution >= 0.6 is 0 Å². The molecule has 1 aromatic carbocycles. The van der Waals surface area contributed by atoms with Gasteiger partial charge in [-0.05, 0) is 87.2 Å². The summed E-state index contributed by atoms with van der Waals surface area (Å²) in [4.78, 5) is 2.33.